The molecule has 1 amide bonds. The molecule has 2 aromatic carbocycles. The van der Waals surface area contributed by atoms with Crippen molar-refractivity contribution in [2.24, 2.45) is 5.11 Å². The Morgan fingerprint density at radius 2 is 1.83 bits per heavy atom. The first-order chi connectivity index (χ1) is 11.3. The van der Waals surface area contributed by atoms with E-state index in [1.165, 1.54) is 10.8 Å². The van der Waals surface area contributed by atoms with Crippen LogP contribution in [0.1, 0.15) is 37.7 Å². The van der Waals surface area contributed by atoms with Crippen LogP contribution in [0.4, 0.5) is 0 Å². The number of benzene rings is 2. The van der Waals surface area contributed by atoms with Gasteiger partial charge in [-0.3, -0.25) is 4.79 Å². The van der Waals surface area contributed by atoms with E-state index in [0.29, 0.717) is 19.5 Å². The number of azide groups is 1. The van der Waals surface area contributed by atoms with E-state index in [1.54, 1.807) is 0 Å². The van der Waals surface area contributed by atoms with Crippen LogP contribution in [0.15, 0.2) is 47.6 Å². The molecule has 0 saturated carbocycles. The standard InChI is InChI=1S/C18H22N4O/c19-22-21-13-6-2-1-3-12-18(23)20-14-16-10-7-9-15-8-4-5-11-17(15)16/h4-5,7-11H,1-3,6,12-14H2,(H,20,23). The average molecular weight is 310 g/mol. The third kappa shape index (κ3) is 5.64. The molecule has 0 heterocycles. The Morgan fingerprint density at radius 3 is 2.70 bits per heavy atom. The molecule has 0 radical (unpaired) electrons. The van der Waals surface area contributed by atoms with Crippen molar-refractivity contribution in [1.82, 2.24) is 5.32 Å². The summed E-state index contributed by atoms with van der Waals surface area (Å²) in [7, 11) is 0. The molecule has 0 aliphatic rings. The van der Waals surface area contributed by atoms with Crippen molar-refractivity contribution in [3.63, 3.8) is 0 Å². The molecule has 0 unspecified atom stereocenters. The van der Waals surface area contributed by atoms with E-state index >= 15 is 0 Å². The van der Waals surface area contributed by atoms with E-state index < -0.39 is 0 Å². The van der Waals surface area contributed by atoms with E-state index in [4.69, 9.17) is 5.53 Å². The minimum Gasteiger partial charge on any atom is -0.352 e. The van der Waals surface area contributed by atoms with Crippen molar-refractivity contribution >= 4 is 16.7 Å². The van der Waals surface area contributed by atoms with Crippen LogP contribution >= 0.6 is 0 Å². The van der Waals surface area contributed by atoms with Gasteiger partial charge >= 0.3 is 0 Å². The van der Waals surface area contributed by atoms with Gasteiger partial charge in [-0.05, 0) is 34.7 Å². The lowest BCUT2D eigenvalue weighted by molar-refractivity contribution is -0.121. The van der Waals surface area contributed by atoms with Gasteiger partial charge < -0.3 is 5.32 Å². The van der Waals surface area contributed by atoms with E-state index in [1.807, 2.05) is 18.2 Å². The molecule has 0 bridgehead atoms. The van der Waals surface area contributed by atoms with E-state index in [-0.39, 0.29) is 5.91 Å². The fourth-order valence-corrected chi connectivity index (χ4v) is 2.60. The topological polar surface area (TPSA) is 77.9 Å². The lowest BCUT2D eigenvalue weighted by Crippen LogP contribution is -2.22. The second kappa shape index (κ2) is 9.49. The van der Waals surface area contributed by atoms with Crippen molar-refractivity contribution in [3.8, 4) is 0 Å². The predicted molar refractivity (Wildman–Crippen MR) is 92.9 cm³/mol. The summed E-state index contributed by atoms with van der Waals surface area (Å²) in [4.78, 5) is 14.6. The van der Waals surface area contributed by atoms with Crippen LogP contribution in [0.25, 0.3) is 21.2 Å². The van der Waals surface area contributed by atoms with Crippen molar-refractivity contribution < 1.29 is 4.79 Å². The molecular weight excluding hydrogens is 288 g/mol. The van der Waals surface area contributed by atoms with Crippen molar-refractivity contribution in [2.75, 3.05) is 6.54 Å². The first-order valence-corrected chi connectivity index (χ1v) is 8.05. The Labute approximate surface area is 136 Å². The summed E-state index contributed by atoms with van der Waals surface area (Å²) >= 11 is 0. The van der Waals surface area contributed by atoms with Gasteiger partial charge in [-0.2, -0.15) is 0 Å². The maximum Gasteiger partial charge on any atom is 0.220 e. The summed E-state index contributed by atoms with van der Waals surface area (Å²) in [6.07, 6.45) is 4.30. The zero-order chi connectivity index (χ0) is 16.3. The predicted octanol–water partition coefficient (Wildman–Crippen LogP) is 4.72. The molecule has 0 saturated heterocycles. The normalized spacial score (nSPS) is 10.3. The number of rotatable bonds is 9. The van der Waals surface area contributed by atoms with Gasteiger partial charge in [0.2, 0.25) is 5.91 Å². The summed E-state index contributed by atoms with van der Waals surface area (Å²) in [6.45, 7) is 1.11. The zero-order valence-electron chi connectivity index (χ0n) is 13.2. The van der Waals surface area contributed by atoms with Crippen LogP contribution < -0.4 is 5.32 Å². The quantitative estimate of drug-likeness (QED) is 0.309. The van der Waals surface area contributed by atoms with Gasteiger partial charge in [0.05, 0.1) is 0 Å². The molecule has 2 aromatic rings. The molecule has 23 heavy (non-hydrogen) atoms. The van der Waals surface area contributed by atoms with Crippen LogP contribution in [-0.4, -0.2) is 12.5 Å². The van der Waals surface area contributed by atoms with Crippen LogP contribution in [-0.2, 0) is 11.3 Å². The molecule has 0 aliphatic heterocycles. The summed E-state index contributed by atoms with van der Waals surface area (Å²) in [5.41, 5.74) is 9.31. The summed E-state index contributed by atoms with van der Waals surface area (Å²) in [5, 5.41) is 8.87. The molecule has 0 spiro atoms. The molecule has 1 N–H and O–H groups in total. The number of nitrogens with zero attached hydrogens (tertiary/aromatic N) is 3. The lowest BCUT2D eigenvalue weighted by Gasteiger charge is -2.08. The highest BCUT2D eigenvalue weighted by Gasteiger charge is 2.04. The van der Waals surface area contributed by atoms with Crippen LogP contribution in [0, 0.1) is 0 Å². The average Bonchev–Trinajstić information content (AvgIpc) is 2.59. The number of amides is 1. The van der Waals surface area contributed by atoms with Crippen LogP contribution in [0.5, 0.6) is 0 Å². The maximum absolute atomic E-state index is 11.9. The number of nitrogens with one attached hydrogen (secondary N) is 1. The van der Waals surface area contributed by atoms with Gasteiger partial charge in [-0.25, -0.2) is 0 Å². The Bertz CT molecular complexity index is 687. The number of carbonyl (C=O) groups excluding carboxylic acids is 1. The van der Waals surface area contributed by atoms with Crippen LogP contribution in [0.3, 0.4) is 0 Å². The van der Waals surface area contributed by atoms with Crippen molar-refractivity contribution in [1.29, 1.82) is 0 Å². The fourth-order valence-electron chi connectivity index (χ4n) is 2.60. The molecule has 5 nitrogen and oxygen atoms in total. The molecule has 0 aliphatic carbocycles. The van der Waals surface area contributed by atoms with Gasteiger partial charge in [0.1, 0.15) is 0 Å². The summed E-state index contributed by atoms with van der Waals surface area (Å²) in [5.74, 6) is 0.0907. The first-order valence-electron chi connectivity index (χ1n) is 8.05. The second-order valence-electron chi connectivity index (χ2n) is 5.53. The molecule has 120 valence electrons. The Morgan fingerprint density at radius 1 is 1.04 bits per heavy atom. The molecule has 0 aromatic heterocycles. The van der Waals surface area contributed by atoms with Gasteiger partial charge in [-0.1, -0.05) is 60.4 Å². The highest BCUT2D eigenvalue weighted by atomic mass is 16.1. The Hall–Kier alpha value is -2.52. The molecular formula is C18H22N4O. The fraction of sp³-hybridized carbons (Fsp3) is 0.389. The van der Waals surface area contributed by atoms with Gasteiger partial charge in [0, 0.05) is 24.4 Å². The number of hydrogen-bond acceptors (Lipinski definition) is 2. The minimum atomic E-state index is 0.0907. The Balaban J connectivity index is 1.71. The third-order valence-electron chi connectivity index (χ3n) is 3.83. The van der Waals surface area contributed by atoms with E-state index in [2.05, 4.69) is 39.6 Å². The Kier molecular flexibility index (Phi) is 6.95. The largest absolute Gasteiger partial charge is 0.352 e. The third-order valence-corrected chi connectivity index (χ3v) is 3.83. The second-order valence-corrected chi connectivity index (χ2v) is 5.53. The highest BCUT2D eigenvalue weighted by Crippen LogP contribution is 2.18. The molecule has 0 atom stereocenters. The maximum atomic E-state index is 11.9. The molecule has 2 rings (SSSR count). The zero-order valence-corrected chi connectivity index (χ0v) is 13.2. The number of carbonyl (C=O) groups is 1. The lowest BCUT2D eigenvalue weighted by atomic mass is 10.0. The number of unbranched alkanes of at least 4 members (excludes halogenated alkanes) is 3. The van der Waals surface area contributed by atoms with E-state index in [0.717, 1.165) is 31.2 Å². The van der Waals surface area contributed by atoms with Gasteiger partial charge in [0.15, 0.2) is 0 Å². The SMILES string of the molecule is [N-]=[N+]=NCCCCCCC(=O)NCc1cccc2ccccc12. The summed E-state index contributed by atoms with van der Waals surface area (Å²) in [6, 6.07) is 14.4. The van der Waals surface area contributed by atoms with Crippen molar-refractivity contribution in [3.05, 3.63) is 58.5 Å². The minimum absolute atomic E-state index is 0.0907. The first kappa shape index (κ1) is 16.8. The van der Waals surface area contributed by atoms with Crippen molar-refractivity contribution in [2.45, 2.75) is 38.6 Å². The highest BCUT2D eigenvalue weighted by molar-refractivity contribution is 5.86. The number of hydrogen-bond donors (Lipinski definition) is 1. The smallest absolute Gasteiger partial charge is 0.220 e. The van der Waals surface area contributed by atoms with Gasteiger partial charge in [0.25, 0.3) is 0 Å². The number of fused-ring (bicyclic) bond motifs is 1. The van der Waals surface area contributed by atoms with E-state index in [9.17, 15) is 4.79 Å². The van der Waals surface area contributed by atoms with Gasteiger partial charge in [-0.15, -0.1) is 0 Å². The molecule has 0 fully saturated rings. The van der Waals surface area contributed by atoms with Crippen LogP contribution in [0.2, 0.25) is 0 Å². The monoisotopic (exact) mass is 310 g/mol. The summed E-state index contributed by atoms with van der Waals surface area (Å²) < 4.78 is 0. The molecule has 5 heteroatoms.